The summed E-state index contributed by atoms with van der Waals surface area (Å²) in [6.45, 7) is 0.676. The molecule has 0 bridgehead atoms. The molecular weight excluding hydrogens is 364 g/mol. The Kier molecular flexibility index (Phi) is 4.61. The Balaban J connectivity index is 2.12. The lowest BCUT2D eigenvalue weighted by Gasteiger charge is -2.09. The molecular formula is C11H7BrCl3NS. The van der Waals surface area contributed by atoms with Crippen molar-refractivity contribution in [1.82, 2.24) is 0 Å². The fourth-order valence-corrected chi connectivity index (χ4v) is 3.16. The summed E-state index contributed by atoms with van der Waals surface area (Å²) in [5.74, 6) is 0. The van der Waals surface area contributed by atoms with Gasteiger partial charge in [-0.3, -0.25) is 0 Å². The topological polar surface area (TPSA) is 12.0 Å². The van der Waals surface area contributed by atoms with E-state index in [9.17, 15) is 0 Å². The van der Waals surface area contributed by atoms with Crippen molar-refractivity contribution in [2.24, 2.45) is 0 Å². The lowest BCUT2D eigenvalue weighted by atomic mass is 10.3. The van der Waals surface area contributed by atoms with Gasteiger partial charge in [0.05, 0.1) is 20.1 Å². The second kappa shape index (κ2) is 5.81. The highest BCUT2D eigenvalue weighted by Crippen LogP contribution is 2.36. The standard InChI is InChI=1S/C11H7BrCl3NS/c12-7-2-3-8(11(15)10(7)14)16-5-6-1-4-9(13)17-6/h1-4,16H,5H2. The minimum Gasteiger partial charge on any atom is -0.379 e. The molecule has 1 aromatic heterocycles. The summed E-state index contributed by atoms with van der Waals surface area (Å²) in [6.07, 6.45) is 0. The Morgan fingerprint density at radius 2 is 1.82 bits per heavy atom. The maximum atomic E-state index is 6.12. The highest BCUT2D eigenvalue weighted by Gasteiger charge is 2.08. The van der Waals surface area contributed by atoms with Crippen molar-refractivity contribution >= 4 is 67.8 Å². The van der Waals surface area contributed by atoms with Crippen molar-refractivity contribution in [3.05, 3.63) is 48.0 Å². The van der Waals surface area contributed by atoms with Gasteiger partial charge in [-0.25, -0.2) is 0 Å². The third kappa shape index (κ3) is 3.30. The van der Waals surface area contributed by atoms with Crippen molar-refractivity contribution in [2.75, 3.05) is 5.32 Å². The number of hydrogen-bond acceptors (Lipinski definition) is 2. The third-order valence-corrected chi connectivity index (χ3v) is 5.12. The molecule has 0 aliphatic rings. The zero-order valence-corrected chi connectivity index (χ0v) is 13.1. The molecule has 2 rings (SSSR count). The zero-order valence-electron chi connectivity index (χ0n) is 8.44. The highest BCUT2D eigenvalue weighted by atomic mass is 79.9. The number of hydrogen-bond donors (Lipinski definition) is 1. The fraction of sp³-hybridized carbons (Fsp3) is 0.0909. The van der Waals surface area contributed by atoms with Crippen molar-refractivity contribution in [2.45, 2.75) is 6.54 Å². The average Bonchev–Trinajstić information content (AvgIpc) is 2.71. The number of halogens is 4. The maximum absolute atomic E-state index is 6.12. The Morgan fingerprint density at radius 3 is 2.47 bits per heavy atom. The average molecular weight is 372 g/mol. The molecule has 90 valence electrons. The van der Waals surface area contributed by atoms with Crippen LogP contribution in [0.2, 0.25) is 14.4 Å². The van der Waals surface area contributed by atoms with E-state index in [1.807, 2.05) is 24.3 Å². The summed E-state index contributed by atoms with van der Waals surface area (Å²) in [7, 11) is 0. The highest BCUT2D eigenvalue weighted by molar-refractivity contribution is 9.10. The molecule has 0 radical (unpaired) electrons. The van der Waals surface area contributed by atoms with Crippen LogP contribution in [0.1, 0.15) is 4.88 Å². The van der Waals surface area contributed by atoms with E-state index in [-0.39, 0.29) is 0 Å². The first kappa shape index (κ1) is 13.5. The van der Waals surface area contributed by atoms with Crippen molar-refractivity contribution in [3.63, 3.8) is 0 Å². The number of thiophene rings is 1. The van der Waals surface area contributed by atoms with Gasteiger partial charge in [0.25, 0.3) is 0 Å². The molecule has 1 heterocycles. The lowest BCUT2D eigenvalue weighted by Crippen LogP contribution is -1.98. The molecule has 0 atom stereocenters. The predicted octanol–water partition coefficient (Wildman–Crippen LogP) is 6.08. The van der Waals surface area contributed by atoms with E-state index in [4.69, 9.17) is 34.8 Å². The Bertz CT molecular complexity index is 542. The second-order valence-electron chi connectivity index (χ2n) is 3.28. The van der Waals surface area contributed by atoms with Gasteiger partial charge >= 0.3 is 0 Å². The molecule has 0 aliphatic heterocycles. The van der Waals surface area contributed by atoms with Crippen LogP contribution in [0.4, 0.5) is 5.69 Å². The first-order valence-electron chi connectivity index (χ1n) is 4.69. The van der Waals surface area contributed by atoms with Gasteiger partial charge in [-0.05, 0) is 40.2 Å². The Labute approximate surface area is 127 Å². The first-order valence-corrected chi connectivity index (χ1v) is 7.44. The molecule has 0 fully saturated rings. The SMILES string of the molecule is Clc1ccc(CNc2ccc(Br)c(Cl)c2Cl)s1. The van der Waals surface area contributed by atoms with Crippen molar-refractivity contribution < 1.29 is 0 Å². The predicted molar refractivity (Wildman–Crippen MR) is 80.8 cm³/mol. The van der Waals surface area contributed by atoms with Gasteiger partial charge in [-0.1, -0.05) is 34.8 Å². The van der Waals surface area contributed by atoms with Crippen molar-refractivity contribution in [3.8, 4) is 0 Å². The van der Waals surface area contributed by atoms with Crippen LogP contribution in [0.5, 0.6) is 0 Å². The molecule has 2 aromatic rings. The lowest BCUT2D eigenvalue weighted by molar-refractivity contribution is 1.19. The molecule has 1 aromatic carbocycles. The van der Waals surface area contributed by atoms with E-state index in [1.54, 1.807) is 0 Å². The molecule has 1 nitrogen and oxygen atoms in total. The molecule has 6 heteroatoms. The second-order valence-corrected chi connectivity index (χ2v) is 6.69. The van der Waals surface area contributed by atoms with Gasteiger partial charge in [0.1, 0.15) is 0 Å². The monoisotopic (exact) mass is 369 g/mol. The largest absolute Gasteiger partial charge is 0.379 e. The molecule has 0 aliphatic carbocycles. The van der Waals surface area contributed by atoms with Crippen LogP contribution in [0.3, 0.4) is 0 Å². The van der Waals surface area contributed by atoms with E-state index in [2.05, 4.69) is 21.2 Å². The van der Waals surface area contributed by atoms with Crippen LogP contribution < -0.4 is 5.32 Å². The smallest absolute Gasteiger partial charge is 0.0931 e. The van der Waals surface area contributed by atoms with Crippen LogP contribution in [0.25, 0.3) is 0 Å². The summed E-state index contributed by atoms with van der Waals surface area (Å²) in [5.41, 5.74) is 0.810. The van der Waals surface area contributed by atoms with Gasteiger partial charge in [0.15, 0.2) is 0 Å². The molecule has 0 unspecified atom stereocenters. The Morgan fingerprint density at radius 1 is 1.06 bits per heavy atom. The maximum Gasteiger partial charge on any atom is 0.0931 e. The fourth-order valence-electron chi connectivity index (χ4n) is 1.29. The number of anilines is 1. The molecule has 0 saturated heterocycles. The molecule has 0 spiro atoms. The first-order chi connectivity index (χ1) is 8.08. The van der Waals surface area contributed by atoms with Gasteiger partial charge in [0, 0.05) is 15.9 Å². The van der Waals surface area contributed by atoms with E-state index >= 15 is 0 Å². The third-order valence-electron chi connectivity index (χ3n) is 2.12. The molecule has 0 amide bonds. The molecule has 1 N–H and O–H groups in total. The van der Waals surface area contributed by atoms with Crippen LogP contribution in [-0.2, 0) is 6.54 Å². The summed E-state index contributed by atoms with van der Waals surface area (Å²) < 4.78 is 1.57. The van der Waals surface area contributed by atoms with Crippen LogP contribution >= 0.6 is 62.1 Å². The summed E-state index contributed by atoms with van der Waals surface area (Å²) in [5, 5.41) is 4.26. The zero-order chi connectivity index (χ0) is 12.4. The van der Waals surface area contributed by atoms with Gasteiger partial charge in [0.2, 0.25) is 0 Å². The Hall–Kier alpha value is 0.0700. The summed E-state index contributed by atoms with van der Waals surface area (Å²) in [6, 6.07) is 7.60. The van der Waals surface area contributed by atoms with Crippen LogP contribution in [-0.4, -0.2) is 0 Å². The van der Waals surface area contributed by atoms with Gasteiger partial charge < -0.3 is 5.32 Å². The quantitative estimate of drug-likeness (QED) is 0.645. The number of benzene rings is 1. The summed E-state index contributed by atoms with van der Waals surface area (Å²) >= 11 is 22.9. The minimum absolute atomic E-state index is 0.515. The van der Waals surface area contributed by atoms with E-state index in [0.29, 0.717) is 16.6 Å². The molecule has 0 saturated carbocycles. The molecule has 17 heavy (non-hydrogen) atoms. The minimum atomic E-state index is 0.515. The van der Waals surface area contributed by atoms with Crippen molar-refractivity contribution in [1.29, 1.82) is 0 Å². The van der Waals surface area contributed by atoms with Gasteiger partial charge in [-0.15, -0.1) is 11.3 Å². The number of nitrogens with one attached hydrogen (secondary N) is 1. The van der Waals surface area contributed by atoms with E-state index < -0.39 is 0 Å². The van der Waals surface area contributed by atoms with E-state index in [1.165, 1.54) is 11.3 Å². The van der Waals surface area contributed by atoms with Crippen LogP contribution in [0, 0.1) is 0 Å². The summed E-state index contributed by atoms with van der Waals surface area (Å²) in [4.78, 5) is 1.14. The normalized spacial score (nSPS) is 10.6. The van der Waals surface area contributed by atoms with E-state index in [0.717, 1.165) is 19.4 Å². The van der Waals surface area contributed by atoms with Crippen LogP contribution in [0.15, 0.2) is 28.7 Å². The number of rotatable bonds is 3. The van der Waals surface area contributed by atoms with Gasteiger partial charge in [-0.2, -0.15) is 0 Å².